The van der Waals surface area contributed by atoms with Crippen molar-refractivity contribution >= 4 is 11.4 Å². The summed E-state index contributed by atoms with van der Waals surface area (Å²) in [6.07, 6.45) is 4.14. The highest BCUT2D eigenvalue weighted by molar-refractivity contribution is 6.25. The summed E-state index contributed by atoms with van der Waals surface area (Å²) < 4.78 is 0. The van der Waals surface area contributed by atoms with Crippen molar-refractivity contribution in [2.75, 3.05) is 0 Å². The number of carbonyl (C=O) groups excluding carboxylic acids is 1. The molecule has 0 radical (unpaired) electrons. The van der Waals surface area contributed by atoms with Crippen LogP contribution in [0.4, 0.5) is 0 Å². The molecule has 21 heavy (non-hydrogen) atoms. The quantitative estimate of drug-likeness (QED) is 0.874. The highest BCUT2D eigenvalue weighted by Crippen LogP contribution is 2.60. The van der Waals surface area contributed by atoms with Gasteiger partial charge in [0, 0.05) is 11.8 Å². The molecule has 3 aliphatic carbocycles. The molecular weight excluding hydrogens is 264 g/mol. The summed E-state index contributed by atoms with van der Waals surface area (Å²) in [4.78, 5) is 12.9. The number of aromatic hydroxyl groups is 1. The van der Waals surface area contributed by atoms with Crippen LogP contribution in [0.1, 0.15) is 37.3 Å². The molecule has 1 aromatic carbocycles. The fourth-order valence-corrected chi connectivity index (χ4v) is 4.90. The second-order valence-electron chi connectivity index (χ2n) is 6.70. The van der Waals surface area contributed by atoms with E-state index in [9.17, 15) is 15.0 Å². The predicted octanol–water partition coefficient (Wildman–Crippen LogP) is 3.47. The monoisotopic (exact) mass is 284 g/mol. The Balaban J connectivity index is 1.85. The Morgan fingerprint density at radius 3 is 2.52 bits per heavy atom. The third kappa shape index (κ3) is 1.63. The number of aryl methyl sites for hydroxylation is 1. The van der Waals surface area contributed by atoms with Gasteiger partial charge in [0.15, 0.2) is 5.78 Å². The van der Waals surface area contributed by atoms with Gasteiger partial charge in [-0.25, -0.2) is 0 Å². The van der Waals surface area contributed by atoms with Gasteiger partial charge < -0.3 is 10.2 Å². The number of aliphatic hydroxyl groups excluding tert-OH is 1. The van der Waals surface area contributed by atoms with Crippen LogP contribution in [0.2, 0.25) is 0 Å². The molecule has 0 heterocycles. The van der Waals surface area contributed by atoms with E-state index >= 15 is 0 Å². The summed E-state index contributed by atoms with van der Waals surface area (Å²) in [7, 11) is 0. The highest BCUT2D eigenvalue weighted by atomic mass is 16.3. The average molecular weight is 284 g/mol. The van der Waals surface area contributed by atoms with Crippen LogP contribution in [-0.4, -0.2) is 16.0 Å². The number of phenolic OH excluding ortho intramolecular Hbond substituents is 1. The number of benzene rings is 1. The van der Waals surface area contributed by atoms with Crippen LogP contribution in [0.15, 0.2) is 24.0 Å². The molecule has 2 bridgehead atoms. The van der Waals surface area contributed by atoms with Gasteiger partial charge in [-0.15, -0.1) is 0 Å². The van der Waals surface area contributed by atoms with Crippen LogP contribution < -0.4 is 0 Å². The molecule has 3 heteroatoms. The lowest BCUT2D eigenvalue weighted by atomic mass is 9.80. The number of hydrogen-bond donors (Lipinski definition) is 2. The van der Waals surface area contributed by atoms with Gasteiger partial charge >= 0.3 is 0 Å². The van der Waals surface area contributed by atoms with Crippen LogP contribution in [-0.2, 0) is 11.2 Å². The predicted molar refractivity (Wildman–Crippen MR) is 79.9 cm³/mol. The van der Waals surface area contributed by atoms with E-state index in [4.69, 9.17) is 0 Å². The van der Waals surface area contributed by atoms with Crippen molar-refractivity contribution < 1.29 is 15.0 Å². The summed E-state index contributed by atoms with van der Waals surface area (Å²) in [6, 6.07) is 5.12. The number of Topliss-reactive ketones (excluding diaryl/α,β-unsaturated/α-hetero) is 1. The number of ketones is 1. The minimum atomic E-state index is -0.00851. The van der Waals surface area contributed by atoms with Gasteiger partial charge in [0.2, 0.25) is 0 Å². The minimum Gasteiger partial charge on any atom is -0.511 e. The van der Waals surface area contributed by atoms with Gasteiger partial charge in [-0.3, -0.25) is 4.79 Å². The Labute approximate surface area is 124 Å². The number of hydrogen-bond acceptors (Lipinski definition) is 3. The zero-order valence-electron chi connectivity index (χ0n) is 12.2. The maximum atomic E-state index is 12.9. The van der Waals surface area contributed by atoms with Gasteiger partial charge in [-0.2, -0.15) is 0 Å². The summed E-state index contributed by atoms with van der Waals surface area (Å²) in [5, 5.41) is 20.5. The smallest absolute Gasteiger partial charge is 0.170 e. The number of aliphatic hydroxyl groups is 1. The third-order valence-electron chi connectivity index (χ3n) is 5.78. The van der Waals surface area contributed by atoms with Crippen molar-refractivity contribution in [3.8, 4) is 5.75 Å². The second kappa shape index (κ2) is 4.36. The van der Waals surface area contributed by atoms with E-state index in [1.54, 1.807) is 12.1 Å². The summed E-state index contributed by atoms with van der Waals surface area (Å²) in [5.41, 5.74) is 2.22. The molecule has 110 valence electrons. The van der Waals surface area contributed by atoms with E-state index in [1.165, 1.54) is 0 Å². The zero-order chi connectivity index (χ0) is 14.7. The fourth-order valence-electron chi connectivity index (χ4n) is 4.90. The highest BCUT2D eigenvalue weighted by Gasteiger charge is 2.57. The number of rotatable bonds is 2. The van der Waals surface area contributed by atoms with Gasteiger partial charge in [-0.05, 0) is 60.8 Å². The molecule has 4 atom stereocenters. The molecule has 3 aliphatic rings. The standard InChI is InChI=1S/C18H20O3/c1-2-9-5-6-12(19)8-13(9)16-17(20)14-10-3-4-11(7-10)15(14)18(16)21/h5-6,8,10-11,14-15,19-20H,2-4,7H2,1H3. The molecule has 3 nitrogen and oxygen atoms in total. The maximum Gasteiger partial charge on any atom is 0.170 e. The van der Waals surface area contributed by atoms with Crippen molar-refractivity contribution in [3.05, 3.63) is 35.1 Å². The van der Waals surface area contributed by atoms with Crippen molar-refractivity contribution in [2.45, 2.75) is 32.6 Å². The molecule has 0 aliphatic heterocycles. The lowest BCUT2D eigenvalue weighted by Gasteiger charge is -2.23. The van der Waals surface area contributed by atoms with E-state index in [0.717, 1.165) is 36.8 Å². The Kier molecular flexibility index (Phi) is 2.69. The second-order valence-corrected chi connectivity index (χ2v) is 6.70. The molecule has 2 N–H and O–H groups in total. The van der Waals surface area contributed by atoms with Crippen LogP contribution in [0.25, 0.3) is 5.57 Å². The molecule has 0 amide bonds. The molecule has 4 rings (SSSR count). The number of phenols is 1. The first-order valence-electron chi connectivity index (χ1n) is 7.91. The summed E-state index contributed by atoms with van der Waals surface area (Å²) in [5.74, 6) is 1.50. The van der Waals surface area contributed by atoms with Gasteiger partial charge in [0.05, 0.1) is 5.57 Å². The minimum absolute atomic E-state index is 0.00851. The van der Waals surface area contributed by atoms with Crippen molar-refractivity contribution in [1.82, 2.24) is 0 Å². The number of fused-ring (bicyclic) bond motifs is 5. The Hall–Kier alpha value is -1.77. The molecule has 4 unspecified atom stereocenters. The van der Waals surface area contributed by atoms with Crippen LogP contribution in [0.3, 0.4) is 0 Å². The van der Waals surface area contributed by atoms with E-state index in [1.807, 2.05) is 13.0 Å². The molecule has 0 saturated heterocycles. The van der Waals surface area contributed by atoms with Gasteiger partial charge in [-0.1, -0.05) is 13.0 Å². The maximum absolute atomic E-state index is 12.9. The summed E-state index contributed by atoms with van der Waals surface area (Å²) >= 11 is 0. The normalized spacial score (nSPS) is 33.9. The molecule has 0 aromatic heterocycles. The largest absolute Gasteiger partial charge is 0.511 e. The third-order valence-corrected chi connectivity index (χ3v) is 5.78. The number of carbonyl (C=O) groups is 1. The lowest BCUT2D eigenvalue weighted by Crippen LogP contribution is -2.24. The van der Waals surface area contributed by atoms with E-state index in [0.29, 0.717) is 17.4 Å². The first kappa shape index (κ1) is 12.9. The van der Waals surface area contributed by atoms with Crippen LogP contribution in [0.5, 0.6) is 5.75 Å². The topological polar surface area (TPSA) is 57.5 Å². The Bertz CT molecular complexity index is 658. The fraction of sp³-hybridized carbons (Fsp3) is 0.500. The van der Waals surface area contributed by atoms with Crippen molar-refractivity contribution in [2.24, 2.45) is 23.7 Å². The summed E-state index contributed by atoms with van der Waals surface area (Å²) in [6.45, 7) is 2.03. The molecule has 0 spiro atoms. The zero-order valence-corrected chi connectivity index (χ0v) is 12.2. The molecule has 2 saturated carbocycles. The molecule has 2 fully saturated rings. The SMILES string of the molecule is CCc1ccc(O)cc1C1=C(O)C2C3CCC(C3)C2C1=O. The van der Waals surface area contributed by atoms with E-state index < -0.39 is 0 Å². The van der Waals surface area contributed by atoms with Crippen LogP contribution >= 0.6 is 0 Å². The van der Waals surface area contributed by atoms with Crippen LogP contribution in [0, 0.1) is 23.7 Å². The van der Waals surface area contributed by atoms with Gasteiger partial charge in [0.25, 0.3) is 0 Å². The molecular formula is C18H20O3. The van der Waals surface area contributed by atoms with Crippen molar-refractivity contribution in [1.29, 1.82) is 0 Å². The number of allylic oxidation sites excluding steroid dienone is 2. The van der Waals surface area contributed by atoms with Gasteiger partial charge in [0.1, 0.15) is 11.5 Å². The van der Waals surface area contributed by atoms with E-state index in [-0.39, 0.29) is 29.1 Å². The van der Waals surface area contributed by atoms with E-state index in [2.05, 4.69) is 0 Å². The average Bonchev–Trinajstić information content (AvgIpc) is 3.13. The van der Waals surface area contributed by atoms with Crippen molar-refractivity contribution in [3.63, 3.8) is 0 Å². The Morgan fingerprint density at radius 2 is 1.86 bits per heavy atom. The first-order chi connectivity index (χ1) is 10.1. The molecule has 1 aromatic rings. The first-order valence-corrected chi connectivity index (χ1v) is 7.91. The lowest BCUT2D eigenvalue weighted by molar-refractivity contribution is -0.118. The Morgan fingerprint density at radius 1 is 1.14 bits per heavy atom.